The number of benzene rings is 2. The van der Waals surface area contributed by atoms with Gasteiger partial charge in [0.25, 0.3) is 0 Å². The number of nitrogens with zero attached hydrogens (tertiary/aromatic N) is 7. The molecule has 0 unspecified atom stereocenters. The van der Waals surface area contributed by atoms with Gasteiger partial charge in [0.2, 0.25) is 11.9 Å². The van der Waals surface area contributed by atoms with E-state index in [1.54, 1.807) is 32.6 Å². The molecule has 2 aromatic heterocycles. The van der Waals surface area contributed by atoms with Gasteiger partial charge < -0.3 is 25.2 Å². The Bertz CT molecular complexity index is 1790. The minimum absolute atomic E-state index is 0.186. The molecule has 46 heavy (non-hydrogen) atoms. The molecule has 5 heterocycles. The molecule has 7 rings (SSSR count). The van der Waals surface area contributed by atoms with E-state index in [9.17, 15) is 4.79 Å². The first-order chi connectivity index (χ1) is 22.2. The smallest absolute Gasteiger partial charge is 0.229 e. The van der Waals surface area contributed by atoms with E-state index in [-0.39, 0.29) is 5.91 Å². The number of likely N-dealkylation sites (tertiary alicyclic amines) is 2. The average molecular weight is 705 g/mol. The summed E-state index contributed by atoms with van der Waals surface area (Å²) in [7, 11) is 1.23. The normalized spacial score (nSPS) is 19.9. The van der Waals surface area contributed by atoms with Crippen LogP contribution in [0.25, 0.3) is 11.0 Å². The fourth-order valence-corrected chi connectivity index (χ4v) is 8.59. The SMILES string of the molecule is COc1cc(N2C[C@@H]3CN(C4CN(C(C)=O)C4)C[C@@H]3C2)c(C)cc1Nc1ncc(Br)c(Nc2ccc3nccnc3c2P(C)C)n1. The molecule has 2 N–H and O–H groups in total. The van der Waals surface area contributed by atoms with E-state index in [4.69, 9.17) is 9.72 Å². The molecule has 3 fully saturated rings. The largest absolute Gasteiger partial charge is 0.494 e. The minimum Gasteiger partial charge on any atom is -0.494 e. The number of amides is 1. The van der Waals surface area contributed by atoms with Crippen molar-refractivity contribution in [2.24, 2.45) is 11.8 Å². The zero-order valence-electron chi connectivity index (χ0n) is 26.8. The molecule has 13 heteroatoms. The maximum atomic E-state index is 11.6. The molecule has 1 amide bonds. The summed E-state index contributed by atoms with van der Waals surface area (Å²) >= 11 is 3.63. The first kappa shape index (κ1) is 31.0. The van der Waals surface area contributed by atoms with Crippen molar-refractivity contribution in [3.05, 3.63) is 52.9 Å². The van der Waals surface area contributed by atoms with Gasteiger partial charge in [0, 0.05) is 93.6 Å². The van der Waals surface area contributed by atoms with Crippen molar-refractivity contribution >= 4 is 74.9 Å². The van der Waals surface area contributed by atoms with Crippen molar-refractivity contribution in [2.45, 2.75) is 19.9 Å². The van der Waals surface area contributed by atoms with Crippen LogP contribution in [0.1, 0.15) is 12.5 Å². The van der Waals surface area contributed by atoms with Gasteiger partial charge in [-0.3, -0.25) is 19.7 Å². The van der Waals surface area contributed by atoms with Crippen LogP contribution >= 0.6 is 23.9 Å². The number of hydrogen-bond donors (Lipinski definition) is 2. The van der Waals surface area contributed by atoms with Crippen LogP contribution < -0.4 is 25.6 Å². The Balaban J connectivity index is 1.07. The predicted molar refractivity (Wildman–Crippen MR) is 189 cm³/mol. The lowest BCUT2D eigenvalue weighted by Crippen LogP contribution is -2.60. The summed E-state index contributed by atoms with van der Waals surface area (Å²) in [6.07, 6.45) is 5.21. The van der Waals surface area contributed by atoms with Crippen LogP contribution in [-0.2, 0) is 4.79 Å². The van der Waals surface area contributed by atoms with Gasteiger partial charge in [-0.1, -0.05) is 7.92 Å². The zero-order chi connectivity index (χ0) is 32.1. The highest BCUT2D eigenvalue weighted by Gasteiger charge is 2.45. The number of methoxy groups -OCH3 is 1. The highest BCUT2D eigenvalue weighted by molar-refractivity contribution is 9.10. The van der Waals surface area contributed by atoms with Crippen LogP contribution in [0, 0.1) is 18.8 Å². The minimum atomic E-state index is -0.473. The van der Waals surface area contributed by atoms with Crippen molar-refractivity contribution < 1.29 is 9.53 Å². The molecule has 0 radical (unpaired) electrons. The van der Waals surface area contributed by atoms with E-state index < -0.39 is 7.92 Å². The Morgan fingerprint density at radius 2 is 1.72 bits per heavy atom. The number of aromatic nitrogens is 4. The maximum absolute atomic E-state index is 11.6. The molecular weight excluding hydrogens is 665 g/mol. The van der Waals surface area contributed by atoms with Crippen molar-refractivity contribution in [1.29, 1.82) is 0 Å². The Kier molecular flexibility index (Phi) is 8.46. The quantitative estimate of drug-likeness (QED) is 0.245. The standard InChI is InChI=1S/C33H39BrN9O2P/c1-19-10-27(29(45-3)11-28(19)43-15-21-13-42(14-22(21)16-43)23-17-41(18-23)20(2)44)39-33-37-12-24(34)32(40-33)38-26-7-6-25-30(31(26)46(4)5)36-9-8-35-25/h6-12,21-23H,13-18H2,1-5H3,(H2,37,38,39,40)/t21-,22+. The first-order valence-electron chi connectivity index (χ1n) is 15.6. The fraction of sp³-hybridized carbons (Fsp3) is 0.424. The number of aryl methyl sites for hydroxylation is 1. The third kappa shape index (κ3) is 5.87. The highest BCUT2D eigenvalue weighted by atomic mass is 79.9. The Morgan fingerprint density at radius 1 is 0.978 bits per heavy atom. The molecule has 3 aliphatic rings. The number of ether oxygens (including phenoxy) is 1. The number of halogens is 1. The van der Waals surface area contributed by atoms with Gasteiger partial charge >= 0.3 is 0 Å². The van der Waals surface area contributed by atoms with Gasteiger partial charge in [-0.2, -0.15) is 4.98 Å². The van der Waals surface area contributed by atoms with E-state index >= 15 is 0 Å². The number of nitrogens with one attached hydrogen (secondary N) is 2. The second-order valence-electron chi connectivity index (χ2n) is 12.7. The topological polar surface area (TPSA) is 112 Å². The number of carbonyl (C=O) groups is 1. The summed E-state index contributed by atoms with van der Waals surface area (Å²) in [6.45, 7) is 14.3. The Morgan fingerprint density at radius 3 is 2.41 bits per heavy atom. The van der Waals surface area contributed by atoms with Crippen molar-refractivity contribution in [1.82, 2.24) is 29.7 Å². The van der Waals surface area contributed by atoms with Crippen LogP contribution in [0.5, 0.6) is 5.75 Å². The lowest BCUT2D eigenvalue weighted by atomic mass is 10.0. The maximum Gasteiger partial charge on any atom is 0.229 e. The fourth-order valence-electron chi connectivity index (χ4n) is 7.09. The van der Waals surface area contributed by atoms with E-state index in [1.807, 2.05) is 17.0 Å². The molecule has 0 spiro atoms. The van der Waals surface area contributed by atoms with Crippen LogP contribution in [0.15, 0.2) is 47.3 Å². The molecule has 4 aromatic rings. The summed E-state index contributed by atoms with van der Waals surface area (Å²) in [5.41, 5.74) is 5.94. The zero-order valence-corrected chi connectivity index (χ0v) is 29.3. The number of hydrogen-bond acceptors (Lipinski definition) is 10. The molecule has 0 aliphatic carbocycles. The van der Waals surface area contributed by atoms with Gasteiger partial charge in [-0.05, 0) is 71.8 Å². The summed E-state index contributed by atoms with van der Waals surface area (Å²) in [4.78, 5) is 37.2. The van der Waals surface area contributed by atoms with Gasteiger partial charge in [0.15, 0.2) is 0 Å². The molecule has 3 saturated heterocycles. The molecule has 0 bridgehead atoms. The molecule has 3 aliphatic heterocycles. The second kappa shape index (κ2) is 12.5. The van der Waals surface area contributed by atoms with E-state index in [1.165, 1.54) is 11.3 Å². The lowest BCUT2D eigenvalue weighted by molar-refractivity contribution is -0.135. The highest BCUT2D eigenvalue weighted by Crippen LogP contribution is 2.41. The van der Waals surface area contributed by atoms with Gasteiger partial charge in [-0.25, -0.2) is 4.98 Å². The molecule has 2 atom stereocenters. The molecule has 240 valence electrons. The molecule has 0 saturated carbocycles. The molecule has 2 aromatic carbocycles. The number of fused-ring (bicyclic) bond motifs is 2. The van der Waals surface area contributed by atoms with E-state index in [2.05, 4.69) is 83.7 Å². The van der Waals surface area contributed by atoms with Crippen LogP contribution in [0.2, 0.25) is 0 Å². The van der Waals surface area contributed by atoms with Crippen molar-refractivity contribution in [3.8, 4) is 5.75 Å². The Labute approximate surface area is 279 Å². The van der Waals surface area contributed by atoms with Crippen molar-refractivity contribution in [2.75, 3.05) is 75.2 Å². The van der Waals surface area contributed by atoms with Gasteiger partial charge in [0.1, 0.15) is 11.6 Å². The number of rotatable bonds is 8. The summed E-state index contributed by atoms with van der Waals surface area (Å²) < 4.78 is 6.63. The number of carbonyl (C=O) groups excluding carboxylic acids is 1. The van der Waals surface area contributed by atoms with E-state index in [0.29, 0.717) is 29.6 Å². The third-order valence-electron chi connectivity index (χ3n) is 9.50. The summed E-state index contributed by atoms with van der Waals surface area (Å²) in [5.74, 6) is 3.33. The van der Waals surface area contributed by atoms with Crippen molar-refractivity contribution in [3.63, 3.8) is 0 Å². The van der Waals surface area contributed by atoms with Crippen LogP contribution in [0.4, 0.5) is 28.8 Å². The summed E-state index contributed by atoms with van der Waals surface area (Å²) in [6, 6.07) is 8.81. The third-order valence-corrected chi connectivity index (χ3v) is 11.4. The average Bonchev–Trinajstić information content (AvgIpc) is 3.57. The molecular formula is C33H39BrN9O2P. The predicted octanol–water partition coefficient (Wildman–Crippen LogP) is 4.95. The van der Waals surface area contributed by atoms with E-state index in [0.717, 1.165) is 77.2 Å². The number of anilines is 5. The van der Waals surface area contributed by atoms with Crippen LogP contribution in [-0.4, -0.2) is 101 Å². The van der Waals surface area contributed by atoms with Crippen LogP contribution in [0.3, 0.4) is 0 Å². The van der Waals surface area contributed by atoms with Gasteiger partial charge in [0.05, 0.1) is 28.3 Å². The molecule has 11 nitrogen and oxygen atoms in total. The monoisotopic (exact) mass is 703 g/mol. The van der Waals surface area contributed by atoms with Gasteiger partial charge in [-0.15, -0.1) is 0 Å². The summed E-state index contributed by atoms with van der Waals surface area (Å²) in [5, 5.41) is 8.08. The lowest BCUT2D eigenvalue weighted by Gasteiger charge is -2.44. The first-order valence-corrected chi connectivity index (χ1v) is 18.6. The Hall–Kier alpha value is -3.60. The second-order valence-corrected chi connectivity index (χ2v) is 15.8.